The molecule has 24 heavy (non-hydrogen) atoms. The molecule has 1 unspecified atom stereocenters. The number of halogens is 1. The third-order valence-electron chi connectivity index (χ3n) is 3.88. The zero-order chi connectivity index (χ0) is 17.1. The second-order valence-corrected chi connectivity index (χ2v) is 5.97. The summed E-state index contributed by atoms with van der Waals surface area (Å²) in [7, 11) is 0. The van der Waals surface area contributed by atoms with E-state index in [9.17, 15) is 14.0 Å². The molecule has 1 aliphatic rings. The van der Waals surface area contributed by atoms with Gasteiger partial charge in [0.05, 0.1) is 12.1 Å². The lowest BCUT2D eigenvalue weighted by molar-refractivity contribution is -0.142. The second-order valence-electron chi connectivity index (χ2n) is 5.97. The molecule has 1 saturated carbocycles. The molecule has 1 aliphatic carbocycles. The molecule has 3 rings (SSSR count). The number of nitrogens with one attached hydrogen (secondary N) is 1. The van der Waals surface area contributed by atoms with Crippen LogP contribution in [-0.2, 0) is 16.0 Å². The van der Waals surface area contributed by atoms with Crippen LogP contribution in [0.1, 0.15) is 25.0 Å². The van der Waals surface area contributed by atoms with Crippen molar-refractivity contribution in [2.24, 2.45) is 5.92 Å². The third kappa shape index (κ3) is 4.18. The van der Waals surface area contributed by atoms with Crippen molar-refractivity contribution in [2.45, 2.75) is 31.7 Å². The Labute approximate surface area is 137 Å². The molecule has 0 spiro atoms. The summed E-state index contributed by atoms with van der Waals surface area (Å²) in [6.07, 6.45) is 3.77. The molecule has 1 heterocycles. The van der Waals surface area contributed by atoms with Crippen LogP contribution in [-0.4, -0.2) is 28.0 Å². The van der Waals surface area contributed by atoms with E-state index in [4.69, 9.17) is 9.52 Å². The van der Waals surface area contributed by atoms with Crippen LogP contribution in [0.2, 0.25) is 0 Å². The Morgan fingerprint density at radius 3 is 2.67 bits per heavy atom. The number of carboxylic acid groups (broad SMARTS) is 1. The summed E-state index contributed by atoms with van der Waals surface area (Å²) in [5.74, 6) is -1.13. The molecule has 2 aromatic rings. The predicted octanol–water partition coefficient (Wildman–Crippen LogP) is 2.39. The molecular formula is C17H17FN2O4. The van der Waals surface area contributed by atoms with Gasteiger partial charge in [0.15, 0.2) is 0 Å². The molecule has 2 N–H and O–H groups in total. The van der Waals surface area contributed by atoms with Gasteiger partial charge >= 0.3 is 5.97 Å². The Bertz CT molecular complexity index is 737. The number of hydrogen-bond acceptors (Lipinski definition) is 4. The molecule has 1 aromatic heterocycles. The van der Waals surface area contributed by atoms with Crippen molar-refractivity contribution in [3.63, 3.8) is 0 Å². The van der Waals surface area contributed by atoms with E-state index in [1.807, 2.05) is 0 Å². The minimum absolute atomic E-state index is 0.0703. The van der Waals surface area contributed by atoms with Crippen molar-refractivity contribution < 1.29 is 23.5 Å². The van der Waals surface area contributed by atoms with Gasteiger partial charge in [-0.2, -0.15) is 0 Å². The zero-order valence-corrected chi connectivity index (χ0v) is 12.9. The molecule has 1 atom stereocenters. The Balaban J connectivity index is 1.60. The lowest BCUT2D eigenvalue weighted by Gasteiger charge is -2.13. The minimum Gasteiger partial charge on any atom is -0.480 e. The minimum atomic E-state index is -1.03. The van der Waals surface area contributed by atoms with E-state index in [1.165, 1.54) is 30.5 Å². The molecule has 6 nitrogen and oxygen atoms in total. The van der Waals surface area contributed by atoms with Crippen molar-refractivity contribution in [1.82, 2.24) is 10.3 Å². The average molecular weight is 332 g/mol. The van der Waals surface area contributed by atoms with Crippen LogP contribution < -0.4 is 5.32 Å². The molecule has 0 bridgehead atoms. The Kier molecular flexibility index (Phi) is 4.59. The molecule has 1 aromatic carbocycles. The second kappa shape index (κ2) is 6.82. The first kappa shape index (κ1) is 16.2. The van der Waals surface area contributed by atoms with Gasteiger partial charge in [-0.25, -0.2) is 14.2 Å². The summed E-state index contributed by atoms with van der Waals surface area (Å²) in [6, 6.07) is 4.78. The van der Waals surface area contributed by atoms with Crippen LogP contribution in [0.5, 0.6) is 0 Å². The molecule has 7 heteroatoms. The van der Waals surface area contributed by atoms with E-state index >= 15 is 0 Å². The van der Waals surface area contributed by atoms with Gasteiger partial charge in [-0.05, 0) is 36.6 Å². The molecule has 1 fully saturated rings. The molecule has 0 aliphatic heterocycles. The highest BCUT2D eigenvalue weighted by Crippen LogP contribution is 2.33. The number of oxazole rings is 1. The lowest BCUT2D eigenvalue weighted by Crippen LogP contribution is -2.41. The summed E-state index contributed by atoms with van der Waals surface area (Å²) < 4.78 is 18.2. The Morgan fingerprint density at radius 2 is 2.04 bits per heavy atom. The van der Waals surface area contributed by atoms with Crippen molar-refractivity contribution in [3.8, 4) is 11.5 Å². The van der Waals surface area contributed by atoms with E-state index in [0.29, 0.717) is 23.6 Å². The SMILES string of the molecule is O=C(Cc1coc(-c2ccc(F)cc2)n1)NC(CC1CC1)C(=O)O. The topological polar surface area (TPSA) is 92.4 Å². The number of rotatable bonds is 7. The fourth-order valence-corrected chi connectivity index (χ4v) is 2.43. The number of nitrogens with zero attached hydrogens (tertiary/aromatic N) is 1. The van der Waals surface area contributed by atoms with E-state index < -0.39 is 17.9 Å². The average Bonchev–Trinajstić information content (AvgIpc) is 3.24. The summed E-state index contributed by atoms with van der Waals surface area (Å²) in [4.78, 5) is 27.4. The predicted molar refractivity (Wildman–Crippen MR) is 82.5 cm³/mol. The van der Waals surface area contributed by atoms with Gasteiger partial charge in [-0.3, -0.25) is 4.79 Å². The molecule has 0 saturated heterocycles. The fourth-order valence-electron chi connectivity index (χ4n) is 2.43. The molecule has 126 valence electrons. The Morgan fingerprint density at radius 1 is 1.33 bits per heavy atom. The third-order valence-corrected chi connectivity index (χ3v) is 3.88. The first-order valence-electron chi connectivity index (χ1n) is 7.74. The molecule has 1 amide bonds. The summed E-state index contributed by atoms with van der Waals surface area (Å²) in [5.41, 5.74) is 0.989. The van der Waals surface area contributed by atoms with Crippen molar-refractivity contribution in [1.29, 1.82) is 0 Å². The quantitative estimate of drug-likeness (QED) is 0.812. The van der Waals surface area contributed by atoms with Gasteiger partial charge in [-0.1, -0.05) is 12.8 Å². The van der Waals surface area contributed by atoms with Crippen molar-refractivity contribution in [2.75, 3.05) is 0 Å². The number of amides is 1. The summed E-state index contributed by atoms with van der Waals surface area (Å²) >= 11 is 0. The maximum Gasteiger partial charge on any atom is 0.326 e. The number of benzene rings is 1. The Hall–Kier alpha value is -2.70. The van der Waals surface area contributed by atoms with Crippen molar-refractivity contribution >= 4 is 11.9 Å². The summed E-state index contributed by atoms with van der Waals surface area (Å²) in [5, 5.41) is 11.7. The van der Waals surface area contributed by atoms with Crippen molar-refractivity contribution in [3.05, 3.63) is 42.0 Å². The first-order chi connectivity index (χ1) is 11.5. The molecule has 0 radical (unpaired) electrons. The van der Waals surface area contributed by atoms with Gasteiger partial charge in [-0.15, -0.1) is 0 Å². The van der Waals surface area contributed by atoms with Gasteiger partial charge in [0, 0.05) is 5.56 Å². The highest BCUT2D eigenvalue weighted by Gasteiger charge is 2.30. The van der Waals surface area contributed by atoms with Crippen LogP contribution in [0.4, 0.5) is 4.39 Å². The fraction of sp³-hybridized carbons (Fsp3) is 0.353. The molecular weight excluding hydrogens is 315 g/mol. The first-order valence-corrected chi connectivity index (χ1v) is 7.74. The number of aliphatic carboxylic acids is 1. The maximum absolute atomic E-state index is 12.9. The highest BCUT2D eigenvalue weighted by atomic mass is 19.1. The van der Waals surface area contributed by atoms with Crippen LogP contribution in [0.3, 0.4) is 0 Å². The number of carbonyl (C=O) groups is 2. The van der Waals surface area contributed by atoms with Crippen LogP contribution >= 0.6 is 0 Å². The number of hydrogen-bond donors (Lipinski definition) is 2. The van der Waals surface area contributed by atoms with Gasteiger partial charge < -0.3 is 14.8 Å². The number of aromatic nitrogens is 1. The number of carboxylic acids is 1. The van der Waals surface area contributed by atoms with Crippen LogP contribution in [0.25, 0.3) is 11.5 Å². The van der Waals surface area contributed by atoms with Gasteiger partial charge in [0.2, 0.25) is 11.8 Å². The lowest BCUT2D eigenvalue weighted by atomic mass is 10.1. The van der Waals surface area contributed by atoms with E-state index in [0.717, 1.165) is 12.8 Å². The van der Waals surface area contributed by atoms with Crippen LogP contribution in [0, 0.1) is 11.7 Å². The van der Waals surface area contributed by atoms with Gasteiger partial charge in [0.1, 0.15) is 18.1 Å². The van der Waals surface area contributed by atoms with E-state index in [2.05, 4.69) is 10.3 Å². The smallest absolute Gasteiger partial charge is 0.326 e. The normalized spacial score (nSPS) is 15.0. The maximum atomic E-state index is 12.9. The number of carbonyl (C=O) groups excluding carboxylic acids is 1. The van der Waals surface area contributed by atoms with Crippen LogP contribution in [0.15, 0.2) is 34.9 Å². The standard InChI is InChI=1S/C17H17FN2O4/c18-12-5-3-11(4-6-12)16-19-13(9-24-16)8-15(21)20-14(17(22)23)7-10-1-2-10/h3-6,9-10,14H,1-2,7-8H2,(H,20,21)(H,22,23). The zero-order valence-electron chi connectivity index (χ0n) is 12.9. The van der Waals surface area contributed by atoms with E-state index in [1.54, 1.807) is 0 Å². The highest BCUT2D eigenvalue weighted by molar-refractivity contribution is 5.84. The van der Waals surface area contributed by atoms with E-state index in [-0.39, 0.29) is 18.1 Å². The monoisotopic (exact) mass is 332 g/mol. The largest absolute Gasteiger partial charge is 0.480 e. The van der Waals surface area contributed by atoms with Gasteiger partial charge in [0.25, 0.3) is 0 Å². The summed E-state index contributed by atoms with van der Waals surface area (Å²) in [6.45, 7) is 0.